The maximum atomic E-state index is 13.1. The number of pyridine rings is 3. The number of piperidine rings is 1. The van der Waals surface area contributed by atoms with Crippen LogP contribution in [0.4, 0.5) is 5.82 Å². The van der Waals surface area contributed by atoms with E-state index in [1.54, 1.807) is 24.5 Å². The van der Waals surface area contributed by atoms with Crippen LogP contribution in [0.15, 0.2) is 49.1 Å². The maximum absolute atomic E-state index is 13.1. The summed E-state index contributed by atoms with van der Waals surface area (Å²) in [5.74, 6) is 1.69. The minimum Gasteiger partial charge on any atom is -0.474 e. The van der Waals surface area contributed by atoms with Gasteiger partial charge in [0.05, 0.1) is 30.1 Å². The largest absolute Gasteiger partial charge is 0.474 e. The van der Waals surface area contributed by atoms with Crippen LogP contribution in [0.3, 0.4) is 0 Å². The van der Waals surface area contributed by atoms with Crippen LogP contribution in [0.2, 0.25) is 0 Å². The number of likely N-dealkylation sites (tertiary alicyclic amines) is 1. The molecular formula is C28H32N8O2. The van der Waals surface area contributed by atoms with Gasteiger partial charge in [0.2, 0.25) is 5.88 Å². The van der Waals surface area contributed by atoms with Crippen LogP contribution in [-0.2, 0) is 13.1 Å². The molecule has 0 atom stereocenters. The van der Waals surface area contributed by atoms with Crippen LogP contribution in [0.25, 0.3) is 22.2 Å². The SMILES string of the molecule is CC(C)N1CCC(Oc2cc(C(=O)Nc3cc4cc(-c5cnc6n5CCNC6)cnc4cn3)ccn2)CC1. The number of rotatable bonds is 6. The molecule has 196 valence electrons. The van der Waals surface area contributed by atoms with Gasteiger partial charge < -0.3 is 24.8 Å². The Hall–Kier alpha value is -3.89. The van der Waals surface area contributed by atoms with Crippen molar-refractivity contribution in [3.05, 3.63) is 60.4 Å². The van der Waals surface area contributed by atoms with E-state index in [9.17, 15) is 4.79 Å². The molecule has 1 amide bonds. The molecule has 38 heavy (non-hydrogen) atoms. The van der Waals surface area contributed by atoms with Gasteiger partial charge in [0.1, 0.15) is 17.7 Å². The number of carbonyl (C=O) groups is 1. The fourth-order valence-electron chi connectivity index (χ4n) is 5.15. The molecule has 0 spiro atoms. The Morgan fingerprint density at radius 3 is 2.76 bits per heavy atom. The van der Waals surface area contributed by atoms with Crippen molar-refractivity contribution in [2.75, 3.05) is 25.0 Å². The third-order valence-electron chi connectivity index (χ3n) is 7.33. The molecule has 0 aliphatic carbocycles. The van der Waals surface area contributed by atoms with Crippen LogP contribution in [0.1, 0.15) is 42.9 Å². The lowest BCUT2D eigenvalue weighted by Gasteiger charge is -2.34. The quantitative estimate of drug-likeness (QED) is 0.404. The summed E-state index contributed by atoms with van der Waals surface area (Å²) in [7, 11) is 0. The Balaban J connectivity index is 1.16. The monoisotopic (exact) mass is 512 g/mol. The number of ether oxygens (including phenoxy) is 1. The first-order valence-corrected chi connectivity index (χ1v) is 13.2. The number of hydrogen-bond donors (Lipinski definition) is 2. The van der Waals surface area contributed by atoms with Crippen molar-refractivity contribution in [3.63, 3.8) is 0 Å². The van der Waals surface area contributed by atoms with Crippen LogP contribution < -0.4 is 15.4 Å². The van der Waals surface area contributed by atoms with E-state index in [-0.39, 0.29) is 12.0 Å². The molecule has 4 aromatic heterocycles. The normalized spacial score (nSPS) is 16.5. The predicted octanol–water partition coefficient (Wildman–Crippen LogP) is 3.50. The standard InChI is InChI=1S/C28H32N8O2/c1-18(2)35-8-4-22(5-9-35)38-27-13-19(3-6-30-27)28(37)34-25-12-20-11-21(14-31-23(20)15-32-25)24-16-33-26-17-29-7-10-36(24)26/h3,6,11-16,18,22,29H,4-5,7-10,17H2,1-2H3,(H,32,34,37). The second-order valence-electron chi connectivity index (χ2n) is 10.2. The average molecular weight is 513 g/mol. The molecule has 1 saturated heterocycles. The van der Waals surface area contributed by atoms with E-state index in [4.69, 9.17) is 4.74 Å². The summed E-state index contributed by atoms with van der Waals surface area (Å²) >= 11 is 0. The number of carbonyl (C=O) groups excluding carboxylic acids is 1. The molecule has 4 aromatic rings. The van der Waals surface area contributed by atoms with Crippen molar-refractivity contribution in [2.24, 2.45) is 0 Å². The zero-order valence-corrected chi connectivity index (χ0v) is 21.7. The van der Waals surface area contributed by atoms with Crippen molar-refractivity contribution in [2.45, 2.75) is 51.9 Å². The number of aromatic nitrogens is 5. The second kappa shape index (κ2) is 10.5. The van der Waals surface area contributed by atoms with Gasteiger partial charge in [0, 0.05) is 67.2 Å². The van der Waals surface area contributed by atoms with Crippen LogP contribution in [-0.4, -0.2) is 67.1 Å². The Labute approximate surface area is 221 Å². The topological polar surface area (TPSA) is 110 Å². The van der Waals surface area contributed by atoms with E-state index in [0.29, 0.717) is 23.3 Å². The van der Waals surface area contributed by atoms with Gasteiger partial charge in [-0.3, -0.25) is 9.78 Å². The average Bonchev–Trinajstić information content (AvgIpc) is 3.37. The first kappa shape index (κ1) is 24.4. The number of imidazole rings is 1. The molecule has 0 aromatic carbocycles. The molecule has 0 bridgehead atoms. The van der Waals surface area contributed by atoms with Gasteiger partial charge in [0.15, 0.2) is 0 Å². The minimum atomic E-state index is -0.264. The number of hydrogen-bond acceptors (Lipinski definition) is 8. The third-order valence-corrected chi connectivity index (χ3v) is 7.33. The first-order valence-electron chi connectivity index (χ1n) is 13.2. The van der Waals surface area contributed by atoms with E-state index in [0.717, 1.165) is 73.6 Å². The highest BCUT2D eigenvalue weighted by atomic mass is 16.5. The number of fused-ring (bicyclic) bond motifs is 2. The molecule has 2 aliphatic heterocycles. The fraction of sp³-hybridized carbons (Fsp3) is 0.393. The number of nitrogens with one attached hydrogen (secondary N) is 2. The first-order chi connectivity index (χ1) is 18.5. The number of amides is 1. The van der Waals surface area contributed by atoms with E-state index >= 15 is 0 Å². The lowest BCUT2D eigenvalue weighted by molar-refractivity contribution is 0.0810. The summed E-state index contributed by atoms with van der Waals surface area (Å²) in [4.78, 5) is 33.4. The molecular weight excluding hydrogens is 480 g/mol. The number of nitrogens with zero attached hydrogens (tertiary/aromatic N) is 6. The second-order valence-corrected chi connectivity index (χ2v) is 10.2. The van der Waals surface area contributed by atoms with E-state index in [1.807, 2.05) is 18.5 Å². The molecule has 2 N–H and O–H groups in total. The van der Waals surface area contributed by atoms with Crippen LogP contribution >= 0.6 is 0 Å². The molecule has 10 heteroatoms. The van der Waals surface area contributed by atoms with E-state index < -0.39 is 0 Å². The Morgan fingerprint density at radius 2 is 1.92 bits per heavy atom. The summed E-state index contributed by atoms with van der Waals surface area (Å²) in [6.45, 7) is 9.00. The van der Waals surface area contributed by atoms with Crippen molar-refractivity contribution in [1.82, 2.24) is 34.7 Å². The summed E-state index contributed by atoms with van der Waals surface area (Å²) < 4.78 is 8.34. The third kappa shape index (κ3) is 5.09. The Kier molecular flexibility index (Phi) is 6.73. The van der Waals surface area contributed by atoms with Crippen molar-refractivity contribution in [3.8, 4) is 17.1 Å². The predicted molar refractivity (Wildman–Crippen MR) is 145 cm³/mol. The van der Waals surface area contributed by atoms with Crippen molar-refractivity contribution in [1.29, 1.82) is 0 Å². The van der Waals surface area contributed by atoms with Gasteiger partial charge in [-0.15, -0.1) is 0 Å². The Bertz CT molecular complexity index is 1460. The lowest BCUT2D eigenvalue weighted by Crippen LogP contribution is -2.41. The number of anilines is 1. The van der Waals surface area contributed by atoms with Gasteiger partial charge in [-0.2, -0.15) is 0 Å². The smallest absolute Gasteiger partial charge is 0.257 e. The fourth-order valence-corrected chi connectivity index (χ4v) is 5.15. The van der Waals surface area contributed by atoms with Crippen LogP contribution in [0.5, 0.6) is 5.88 Å². The van der Waals surface area contributed by atoms with Crippen molar-refractivity contribution < 1.29 is 9.53 Å². The van der Waals surface area contributed by atoms with Crippen molar-refractivity contribution >= 4 is 22.6 Å². The zero-order valence-electron chi connectivity index (χ0n) is 21.7. The highest BCUT2D eigenvalue weighted by Gasteiger charge is 2.23. The molecule has 6 rings (SSSR count). The molecule has 0 radical (unpaired) electrons. The lowest BCUT2D eigenvalue weighted by atomic mass is 10.1. The van der Waals surface area contributed by atoms with Gasteiger partial charge in [-0.1, -0.05) is 0 Å². The molecule has 6 heterocycles. The highest BCUT2D eigenvalue weighted by Crippen LogP contribution is 2.26. The van der Waals surface area contributed by atoms with Gasteiger partial charge in [-0.25, -0.2) is 15.0 Å². The van der Waals surface area contributed by atoms with E-state index in [2.05, 4.69) is 60.0 Å². The summed E-state index contributed by atoms with van der Waals surface area (Å²) in [5, 5.41) is 7.14. The Morgan fingerprint density at radius 1 is 1.05 bits per heavy atom. The summed E-state index contributed by atoms with van der Waals surface area (Å²) in [6.07, 6.45) is 9.04. The zero-order chi connectivity index (χ0) is 26.1. The molecule has 0 saturated carbocycles. The molecule has 2 aliphatic rings. The summed E-state index contributed by atoms with van der Waals surface area (Å²) in [6, 6.07) is 7.83. The van der Waals surface area contributed by atoms with Crippen LogP contribution in [0, 0.1) is 0 Å². The molecule has 0 unspecified atom stereocenters. The maximum Gasteiger partial charge on any atom is 0.257 e. The highest BCUT2D eigenvalue weighted by molar-refractivity contribution is 6.04. The van der Waals surface area contributed by atoms with Gasteiger partial charge in [-0.05, 0) is 44.9 Å². The minimum absolute atomic E-state index is 0.109. The van der Waals surface area contributed by atoms with Gasteiger partial charge >= 0.3 is 0 Å². The van der Waals surface area contributed by atoms with E-state index in [1.165, 1.54) is 0 Å². The summed E-state index contributed by atoms with van der Waals surface area (Å²) in [5.41, 5.74) is 3.26. The molecule has 10 nitrogen and oxygen atoms in total. The molecule has 1 fully saturated rings. The van der Waals surface area contributed by atoms with Gasteiger partial charge in [0.25, 0.3) is 5.91 Å².